The fourth-order valence-electron chi connectivity index (χ4n) is 1.27. The van der Waals surface area contributed by atoms with Crippen molar-refractivity contribution in [3.8, 4) is 5.75 Å². The molecule has 0 saturated heterocycles. The van der Waals surface area contributed by atoms with Gasteiger partial charge in [-0.3, -0.25) is 4.48 Å². The maximum absolute atomic E-state index is 11.6. The first kappa shape index (κ1) is 7.15. The molecule has 0 aromatic heterocycles. The maximum atomic E-state index is 11.6. The van der Waals surface area contributed by atoms with Crippen molar-refractivity contribution in [3.63, 3.8) is 0 Å². The van der Waals surface area contributed by atoms with Gasteiger partial charge in [0.2, 0.25) is 0 Å². The van der Waals surface area contributed by atoms with Crippen LogP contribution < -0.4 is 9.59 Å². The normalized spacial score (nSPS) is 15.1. The van der Waals surface area contributed by atoms with Crippen LogP contribution in [0.3, 0.4) is 0 Å². The van der Waals surface area contributed by atoms with E-state index < -0.39 is 0 Å². The van der Waals surface area contributed by atoms with Gasteiger partial charge in [-0.2, -0.15) is 0 Å². The fraction of sp³-hybridized carbons (Fsp3) is 0.273. The van der Waals surface area contributed by atoms with Crippen molar-refractivity contribution >= 4 is 5.69 Å². The van der Waals surface area contributed by atoms with Gasteiger partial charge in [0.05, 0.1) is 16.8 Å². The highest BCUT2D eigenvalue weighted by molar-refractivity contribution is 5.53. The quantitative estimate of drug-likeness (QED) is 0.509. The van der Waals surface area contributed by atoms with Crippen molar-refractivity contribution in [2.75, 3.05) is 20.6 Å². The predicted molar refractivity (Wildman–Crippen MR) is 54.6 cm³/mol. The average Bonchev–Trinajstić information content (AvgIpc) is 2.17. The Kier molecular flexibility index (Phi) is 1.99. The predicted octanol–water partition coefficient (Wildman–Crippen LogP) is 1.51. The minimum atomic E-state index is -0.0275. The molecular formula is C11H15NO. The lowest BCUT2D eigenvalue weighted by Crippen LogP contribution is -2.40. The SMILES string of the molecule is [2H]C=C([2H])C[N+](C)(C)c1ccccc1[O-]. The number of para-hydroxylation sites is 2. The average molecular weight is 179 g/mol. The van der Waals surface area contributed by atoms with Gasteiger partial charge in [0.15, 0.2) is 0 Å². The third-order valence-electron chi connectivity index (χ3n) is 2.00. The zero-order valence-corrected chi connectivity index (χ0v) is 7.95. The lowest BCUT2D eigenvalue weighted by Gasteiger charge is -2.31. The minimum Gasteiger partial charge on any atom is -0.868 e. The molecule has 70 valence electrons. The monoisotopic (exact) mass is 179 g/mol. The summed E-state index contributed by atoms with van der Waals surface area (Å²) >= 11 is 0. The molecule has 0 aliphatic carbocycles. The van der Waals surface area contributed by atoms with Crippen molar-refractivity contribution in [1.82, 2.24) is 4.48 Å². The summed E-state index contributed by atoms with van der Waals surface area (Å²) in [7, 11) is 3.71. The Morgan fingerprint density at radius 1 is 1.62 bits per heavy atom. The molecule has 0 aliphatic rings. The third-order valence-corrected chi connectivity index (χ3v) is 2.00. The summed E-state index contributed by atoms with van der Waals surface area (Å²) in [6, 6.07) is 7.00. The highest BCUT2D eigenvalue weighted by Crippen LogP contribution is 2.26. The van der Waals surface area contributed by atoms with Gasteiger partial charge in [0, 0.05) is 0 Å². The number of rotatable bonds is 3. The first-order chi connectivity index (χ1) is 6.97. The zero-order chi connectivity index (χ0) is 11.5. The maximum Gasteiger partial charge on any atom is 0.124 e. The summed E-state index contributed by atoms with van der Waals surface area (Å²) in [4.78, 5) is 0. The Balaban J connectivity index is 3.00. The molecule has 0 spiro atoms. The van der Waals surface area contributed by atoms with E-state index in [2.05, 4.69) is 0 Å². The molecule has 1 aromatic rings. The van der Waals surface area contributed by atoms with Crippen LogP contribution in [0.5, 0.6) is 5.75 Å². The van der Waals surface area contributed by atoms with Crippen LogP contribution in [0.1, 0.15) is 2.74 Å². The fourth-order valence-corrected chi connectivity index (χ4v) is 1.27. The topological polar surface area (TPSA) is 23.1 Å². The Labute approximate surface area is 82.1 Å². The molecular weight excluding hydrogens is 162 g/mol. The van der Waals surface area contributed by atoms with E-state index >= 15 is 0 Å². The van der Waals surface area contributed by atoms with E-state index in [1.165, 1.54) is 6.07 Å². The third kappa shape index (κ3) is 2.10. The summed E-state index contributed by atoms with van der Waals surface area (Å²) in [5, 5.41) is 11.6. The number of quaternary nitrogens is 1. The molecule has 13 heavy (non-hydrogen) atoms. The molecule has 0 saturated carbocycles. The van der Waals surface area contributed by atoms with Gasteiger partial charge in [0.1, 0.15) is 12.2 Å². The van der Waals surface area contributed by atoms with Gasteiger partial charge < -0.3 is 5.11 Å². The molecule has 0 bridgehead atoms. The Bertz CT molecular complexity index is 375. The number of likely N-dealkylation sites (N-methyl/N-ethyl adjacent to an activating group) is 1. The molecule has 1 rings (SSSR count). The highest BCUT2D eigenvalue weighted by Gasteiger charge is 2.16. The van der Waals surface area contributed by atoms with E-state index in [1.54, 1.807) is 12.1 Å². The first-order valence-corrected chi connectivity index (χ1v) is 4.11. The van der Waals surface area contributed by atoms with Crippen molar-refractivity contribution in [2.45, 2.75) is 0 Å². The molecule has 1 aromatic carbocycles. The summed E-state index contributed by atoms with van der Waals surface area (Å²) < 4.78 is 14.7. The number of benzene rings is 1. The Morgan fingerprint density at radius 3 is 2.92 bits per heavy atom. The van der Waals surface area contributed by atoms with E-state index in [9.17, 15) is 5.11 Å². The van der Waals surface area contributed by atoms with E-state index in [1.807, 2.05) is 20.2 Å². The summed E-state index contributed by atoms with van der Waals surface area (Å²) in [6.07, 6.45) is 0. The second-order valence-corrected chi connectivity index (χ2v) is 3.51. The lowest BCUT2D eigenvalue weighted by atomic mass is 10.2. The van der Waals surface area contributed by atoms with Crippen LogP contribution in [0.4, 0.5) is 5.69 Å². The molecule has 0 radical (unpaired) electrons. The molecule has 0 fully saturated rings. The van der Waals surface area contributed by atoms with Gasteiger partial charge in [-0.05, 0) is 17.9 Å². The van der Waals surface area contributed by atoms with Crippen LogP contribution in [0.15, 0.2) is 36.9 Å². The zero-order valence-electron chi connectivity index (χ0n) is 9.95. The largest absolute Gasteiger partial charge is 0.868 e. The second kappa shape index (κ2) is 3.62. The van der Waals surface area contributed by atoms with Crippen LogP contribution >= 0.6 is 0 Å². The molecule has 2 nitrogen and oxygen atoms in total. The van der Waals surface area contributed by atoms with Gasteiger partial charge >= 0.3 is 0 Å². The van der Waals surface area contributed by atoms with Crippen molar-refractivity contribution < 1.29 is 7.85 Å². The van der Waals surface area contributed by atoms with E-state index in [0.717, 1.165) is 6.55 Å². The molecule has 0 unspecified atom stereocenters. The van der Waals surface area contributed by atoms with E-state index in [4.69, 9.17) is 2.74 Å². The van der Waals surface area contributed by atoms with Gasteiger partial charge in [-0.15, -0.1) is 0 Å². The molecule has 0 heterocycles. The summed E-state index contributed by atoms with van der Waals surface area (Å²) in [5.74, 6) is -0.0275. The van der Waals surface area contributed by atoms with Crippen molar-refractivity contribution in [3.05, 3.63) is 36.9 Å². The number of hydrogen-bond donors (Lipinski definition) is 0. The van der Waals surface area contributed by atoms with Gasteiger partial charge in [0.25, 0.3) is 0 Å². The van der Waals surface area contributed by atoms with Crippen LogP contribution in [-0.2, 0) is 0 Å². The van der Waals surface area contributed by atoms with Crippen molar-refractivity contribution in [2.24, 2.45) is 0 Å². The number of hydrogen-bond acceptors (Lipinski definition) is 1. The molecule has 2 heteroatoms. The molecule has 0 N–H and O–H groups in total. The number of nitrogens with zero attached hydrogens (tertiary/aromatic N) is 1. The minimum absolute atomic E-state index is 0.0275. The first-order valence-electron chi connectivity index (χ1n) is 5.19. The Hall–Kier alpha value is -1.28. The van der Waals surface area contributed by atoms with Crippen LogP contribution in [0.25, 0.3) is 0 Å². The van der Waals surface area contributed by atoms with Gasteiger partial charge in [-0.25, -0.2) is 0 Å². The highest BCUT2D eigenvalue weighted by atomic mass is 16.3. The molecule has 0 atom stereocenters. The molecule has 0 amide bonds. The summed E-state index contributed by atoms with van der Waals surface area (Å²) in [5.41, 5.74) is 0.643. The Morgan fingerprint density at radius 2 is 2.31 bits per heavy atom. The standard InChI is InChI=1S/C11H15NO/c1-4-9-12(2,3)10-7-5-6-8-11(10)13/h4-8H,1,9H2,2-3H3/i1D,4D. The second-order valence-electron chi connectivity index (χ2n) is 3.51. The lowest BCUT2D eigenvalue weighted by molar-refractivity contribution is -0.268. The smallest absolute Gasteiger partial charge is 0.124 e. The van der Waals surface area contributed by atoms with Gasteiger partial charge in [-0.1, -0.05) is 24.8 Å². The van der Waals surface area contributed by atoms with Crippen LogP contribution in [0.2, 0.25) is 0 Å². The van der Waals surface area contributed by atoms with E-state index in [0.29, 0.717) is 16.7 Å². The van der Waals surface area contributed by atoms with Crippen molar-refractivity contribution in [1.29, 1.82) is 0 Å². The molecule has 0 aliphatic heterocycles. The summed E-state index contributed by atoms with van der Waals surface area (Å²) in [6.45, 7) is 1.36. The van der Waals surface area contributed by atoms with Crippen LogP contribution in [0, 0.1) is 0 Å². The van der Waals surface area contributed by atoms with Crippen LogP contribution in [-0.4, -0.2) is 20.6 Å². The van der Waals surface area contributed by atoms with E-state index in [-0.39, 0.29) is 11.8 Å².